The fourth-order valence-electron chi connectivity index (χ4n) is 2.23. The predicted octanol–water partition coefficient (Wildman–Crippen LogP) is 1.73. The Morgan fingerprint density at radius 2 is 1.70 bits per heavy atom. The molecule has 1 aliphatic rings. The molecule has 0 amide bonds. The van der Waals surface area contributed by atoms with Gasteiger partial charge >= 0.3 is 0 Å². The molecule has 1 saturated heterocycles. The van der Waals surface area contributed by atoms with Crippen molar-refractivity contribution in [3.05, 3.63) is 25.3 Å². The average molecular weight is 288 g/mol. The maximum Gasteiger partial charge on any atom is 0.156 e. The lowest BCUT2D eigenvalue weighted by Gasteiger charge is -2.44. The minimum absolute atomic E-state index is 0.00287. The number of aliphatic hydroxyl groups excluding tert-OH is 1. The Morgan fingerprint density at radius 1 is 1.25 bits per heavy atom. The zero-order valence-electron chi connectivity index (χ0n) is 12.7. The van der Waals surface area contributed by atoms with Gasteiger partial charge in [0, 0.05) is 13.5 Å². The van der Waals surface area contributed by atoms with E-state index in [4.69, 9.17) is 19.7 Å². The molecule has 3 N–H and O–H groups in total. The van der Waals surface area contributed by atoms with Crippen molar-refractivity contribution in [2.75, 3.05) is 7.11 Å². The van der Waals surface area contributed by atoms with Gasteiger partial charge in [-0.15, -0.1) is 13.2 Å². The second-order valence-electron chi connectivity index (χ2n) is 5.42. The van der Waals surface area contributed by atoms with Gasteiger partial charge in [-0.05, 0) is 33.1 Å². The molecule has 1 heterocycles. The van der Waals surface area contributed by atoms with E-state index in [-0.39, 0.29) is 6.10 Å². The summed E-state index contributed by atoms with van der Waals surface area (Å²) in [5.74, 6) is -1.50. The number of hydrogen-bond donors (Lipinski definition) is 3. The first-order valence-electron chi connectivity index (χ1n) is 6.73. The Bertz CT molecular complexity index is 279. The lowest BCUT2D eigenvalue weighted by Crippen LogP contribution is -2.51. The Morgan fingerprint density at radius 3 is 2.05 bits per heavy atom. The van der Waals surface area contributed by atoms with Gasteiger partial charge in [-0.3, -0.25) is 0 Å². The second-order valence-corrected chi connectivity index (χ2v) is 5.42. The number of aliphatic hydroxyl groups is 3. The molecule has 0 spiro atoms. The van der Waals surface area contributed by atoms with E-state index in [9.17, 15) is 5.11 Å². The summed E-state index contributed by atoms with van der Waals surface area (Å²) in [5, 5.41) is 25.7. The van der Waals surface area contributed by atoms with Crippen molar-refractivity contribution in [2.45, 2.75) is 63.3 Å². The molecule has 5 heteroatoms. The molecule has 5 nitrogen and oxygen atoms in total. The van der Waals surface area contributed by atoms with Crippen LogP contribution in [0.25, 0.3) is 0 Å². The van der Waals surface area contributed by atoms with E-state index in [1.807, 2.05) is 0 Å². The summed E-state index contributed by atoms with van der Waals surface area (Å²) in [4.78, 5) is 0. The van der Waals surface area contributed by atoms with Crippen molar-refractivity contribution in [3.63, 3.8) is 0 Å². The third-order valence-corrected chi connectivity index (χ3v) is 2.90. The highest BCUT2D eigenvalue weighted by Crippen LogP contribution is 2.36. The van der Waals surface area contributed by atoms with Crippen LogP contribution in [0, 0.1) is 0 Å². The molecule has 0 aromatic carbocycles. The minimum Gasteiger partial charge on any atom is -0.378 e. The maximum atomic E-state index is 9.56. The quantitative estimate of drug-likeness (QED) is 0.530. The fourth-order valence-corrected chi connectivity index (χ4v) is 2.23. The predicted molar refractivity (Wildman–Crippen MR) is 78.0 cm³/mol. The van der Waals surface area contributed by atoms with Crippen molar-refractivity contribution in [2.24, 2.45) is 0 Å². The summed E-state index contributed by atoms with van der Waals surface area (Å²) in [6.45, 7) is 10.0. The van der Waals surface area contributed by atoms with Crippen LogP contribution >= 0.6 is 0 Å². The Labute approximate surface area is 121 Å². The standard InChI is InChI=1S/C12H20O3.C3H8O2/c1-4-8-12(9-5-2)10(14-3)6-7-11(13)15-12;1-3(2,4)5/h4-5,10-11,13H,1-2,6-9H2,3H3;4-5H,1-2H3. The summed E-state index contributed by atoms with van der Waals surface area (Å²) in [5.41, 5.74) is -0.490. The van der Waals surface area contributed by atoms with Gasteiger partial charge in [0.1, 0.15) is 5.60 Å². The SMILES string of the molecule is C=CCC1(CC=C)OC(O)CCC1OC.CC(C)(O)O. The van der Waals surface area contributed by atoms with Crippen LogP contribution in [-0.2, 0) is 9.47 Å². The lowest BCUT2D eigenvalue weighted by atomic mass is 9.84. The van der Waals surface area contributed by atoms with Gasteiger partial charge in [-0.2, -0.15) is 0 Å². The molecule has 1 aliphatic heterocycles. The van der Waals surface area contributed by atoms with E-state index in [1.54, 1.807) is 19.3 Å². The van der Waals surface area contributed by atoms with Crippen LogP contribution in [0.5, 0.6) is 0 Å². The topological polar surface area (TPSA) is 79.2 Å². The zero-order chi connectivity index (χ0) is 15.8. The lowest BCUT2D eigenvalue weighted by molar-refractivity contribution is -0.255. The van der Waals surface area contributed by atoms with Crippen LogP contribution in [-0.4, -0.2) is 46.2 Å². The molecule has 2 atom stereocenters. The summed E-state index contributed by atoms with van der Waals surface area (Å²) in [6.07, 6.45) is 5.64. The van der Waals surface area contributed by atoms with E-state index in [0.29, 0.717) is 19.3 Å². The van der Waals surface area contributed by atoms with Crippen molar-refractivity contribution in [1.29, 1.82) is 0 Å². The third kappa shape index (κ3) is 7.17. The first-order chi connectivity index (χ1) is 9.18. The second kappa shape index (κ2) is 8.54. The molecule has 0 radical (unpaired) electrons. The minimum atomic E-state index is -1.50. The average Bonchev–Trinajstić information content (AvgIpc) is 2.27. The summed E-state index contributed by atoms with van der Waals surface area (Å²) < 4.78 is 11.1. The van der Waals surface area contributed by atoms with Crippen LogP contribution in [0.2, 0.25) is 0 Å². The van der Waals surface area contributed by atoms with Crippen LogP contribution in [0.3, 0.4) is 0 Å². The van der Waals surface area contributed by atoms with Gasteiger partial charge in [0.25, 0.3) is 0 Å². The zero-order valence-corrected chi connectivity index (χ0v) is 12.7. The molecule has 0 aromatic rings. The smallest absolute Gasteiger partial charge is 0.156 e. The van der Waals surface area contributed by atoms with E-state index in [2.05, 4.69) is 13.2 Å². The maximum absolute atomic E-state index is 9.56. The molecule has 2 unspecified atom stereocenters. The van der Waals surface area contributed by atoms with Gasteiger partial charge < -0.3 is 24.8 Å². The molecule has 20 heavy (non-hydrogen) atoms. The van der Waals surface area contributed by atoms with Crippen molar-refractivity contribution >= 4 is 0 Å². The fraction of sp³-hybridized carbons (Fsp3) is 0.733. The molecule has 1 fully saturated rings. The monoisotopic (exact) mass is 288 g/mol. The van der Waals surface area contributed by atoms with Crippen LogP contribution < -0.4 is 0 Å². The largest absolute Gasteiger partial charge is 0.378 e. The van der Waals surface area contributed by atoms with Crippen molar-refractivity contribution in [3.8, 4) is 0 Å². The van der Waals surface area contributed by atoms with Gasteiger partial charge in [-0.25, -0.2) is 0 Å². The van der Waals surface area contributed by atoms with Crippen LogP contribution in [0.1, 0.15) is 39.5 Å². The van der Waals surface area contributed by atoms with Crippen LogP contribution in [0.15, 0.2) is 25.3 Å². The van der Waals surface area contributed by atoms with E-state index in [1.165, 1.54) is 13.8 Å². The molecule has 118 valence electrons. The summed E-state index contributed by atoms with van der Waals surface area (Å²) in [6, 6.07) is 0. The Hall–Kier alpha value is -0.720. The summed E-state index contributed by atoms with van der Waals surface area (Å²) >= 11 is 0. The first kappa shape index (κ1) is 19.3. The molecule has 0 saturated carbocycles. The van der Waals surface area contributed by atoms with Crippen LogP contribution in [0.4, 0.5) is 0 Å². The summed E-state index contributed by atoms with van der Waals surface area (Å²) in [7, 11) is 1.67. The highest BCUT2D eigenvalue weighted by Gasteiger charge is 2.43. The Balaban J connectivity index is 0.000000621. The van der Waals surface area contributed by atoms with E-state index >= 15 is 0 Å². The highest BCUT2D eigenvalue weighted by atomic mass is 16.6. The van der Waals surface area contributed by atoms with E-state index < -0.39 is 17.7 Å². The molecular formula is C15H28O5. The molecule has 0 aliphatic carbocycles. The first-order valence-corrected chi connectivity index (χ1v) is 6.73. The third-order valence-electron chi connectivity index (χ3n) is 2.90. The van der Waals surface area contributed by atoms with Gasteiger partial charge in [0.05, 0.1) is 6.10 Å². The van der Waals surface area contributed by atoms with Crippen molar-refractivity contribution in [1.82, 2.24) is 0 Å². The van der Waals surface area contributed by atoms with E-state index in [0.717, 1.165) is 6.42 Å². The number of hydrogen-bond acceptors (Lipinski definition) is 5. The number of ether oxygens (including phenoxy) is 2. The molecular weight excluding hydrogens is 260 g/mol. The molecule has 0 bridgehead atoms. The van der Waals surface area contributed by atoms with Gasteiger partial charge in [0.15, 0.2) is 12.1 Å². The number of methoxy groups -OCH3 is 1. The van der Waals surface area contributed by atoms with Gasteiger partial charge in [0.2, 0.25) is 0 Å². The van der Waals surface area contributed by atoms with Crippen molar-refractivity contribution < 1.29 is 24.8 Å². The normalized spacial score (nSPS) is 25.3. The van der Waals surface area contributed by atoms with Gasteiger partial charge in [-0.1, -0.05) is 12.2 Å². The highest BCUT2D eigenvalue weighted by molar-refractivity contribution is 5.01. The Kier molecular flexibility index (Phi) is 8.23. The number of rotatable bonds is 5. The molecule has 0 aromatic heterocycles. The molecule has 1 rings (SSSR count).